The average molecular weight is 471 g/mol. The lowest BCUT2D eigenvalue weighted by Gasteiger charge is -2.39. The van der Waals surface area contributed by atoms with Gasteiger partial charge in [-0.2, -0.15) is 8.78 Å². The van der Waals surface area contributed by atoms with E-state index in [1.165, 1.54) is 6.20 Å². The Labute approximate surface area is 199 Å². The van der Waals surface area contributed by atoms with E-state index < -0.39 is 17.4 Å². The molecule has 2 N–H and O–H groups in total. The third-order valence-electron chi connectivity index (χ3n) is 6.17. The number of nitrogens with zero attached hydrogens (tertiary/aromatic N) is 4. The second kappa shape index (κ2) is 7.92. The van der Waals surface area contributed by atoms with Crippen LogP contribution < -0.4 is 10.5 Å². The number of nitrogens with two attached hydrogens (primary N) is 1. The zero-order chi connectivity index (χ0) is 24.2. The van der Waals surface area contributed by atoms with Gasteiger partial charge in [0.1, 0.15) is 23.7 Å². The second-order valence-electron chi connectivity index (χ2n) is 8.47. The third kappa shape index (κ3) is 3.43. The van der Waals surface area contributed by atoms with Crippen molar-refractivity contribution in [2.45, 2.75) is 12.5 Å². The Morgan fingerprint density at radius 2 is 1.83 bits per heavy atom. The molecular formula is C26H19F2N5O2. The van der Waals surface area contributed by atoms with E-state index in [2.05, 4.69) is 15.0 Å². The summed E-state index contributed by atoms with van der Waals surface area (Å²) in [5.41, 5.74) is 8.67. The summed E-state index contributed by atoms with van der Waals surface area (Å²) in [5, 5.41) is 0. The van der Waals surface area contributed by atoms with Gasteiger partial charge in [0, 0.05) is 40.3 Å². The maximum Gasteiger partial charge on any atom is 0.256 e. The maximum absolute atomic E-state index is 15.4. The van der Waals surface area contributed by atoms with Crippen LogP contribution in [0.5, 0.6) is 11.5 Å². The minimum Gasteiger partial charge on any atom is -0.452 e. The predicted octanol–water partition coefficient (Wildman–Crippen LogP) is 4.53. The number of hydrogen-bond donors (Lipinski definition) is 1. The van der Waals surface area contributed by atoms with Crippen molar-refractivity contribution in [3.63, 3.8) is 0 Å². The Balaban J connectivity index is 1.61. The monoisotopic (exact) mass is 471 g/mol. The number of halogens is 2. The highest BCUT2D eigenvalue weighted by molar-refractivity contribution is 5.84. The van der Waals surface area contributed by atoms with Crippen molar-refractivity contribution in [3.05, 3.63) is 89.6 Å². The SMILES string of the molecule is Cc1cc(-c2cc3c(c(F)n2)Oc2ccc(-c4cccnc4F)cc2[C@@]32COCC(N)=N2)ccn1. The highest BCUT2D eigenvalue weighted by Gasteiger charge is 2.46. The summed E-state index contributed by atoms with van der Waals surface area (Å²) < 4.78 is 41.7. The number of aromatic nitrogens is 3. The molecular weight excluding hydrogens is 452 g/mol. The van der Waals surface area contributed by atoms with E-state index in [-0.39, 0.29) is 24.8 Å². The van der Waals surface area contributed by atoms with Crippen LogP contribution in [0.15, 0.2) is 65.9 Å². The van der Waals surface area contributed by atoms with E-state index in [9.17, 15) is 4.39 Å². The number of rotatable bonds is 2. The van der Waals surface area contributed by atoms with Gasteiger partial charge in [0.2, 0.25) is 5.95 Å². The highest BCUT2D eigenvalue weighted by Crippen LogP contribution is 2.52. The molecule has 6 rings (SSSR count). The number of amidine groups is 1. The molecule has 5 heterocycles. The minimum absolute atomic E-state index is 0.0469. The van der Waals surface area contributed by atoms with Gasteiger partial charge in [-0.1, -0.05) is 6.07 Å². The van der Waals surface area contributed by atoms with Crippen molar-refractivity contribution in [3.8, 4) is 33.9 Å². The van der Waals surface area contributed by atoms with Gasteiger partial charge < -0.3 is 15.2 Å². The minimum atomic E-state index is -1.21. The summed E-state index contributed by atoms with van der Waals surface area (Å²) in [5.74, 6) is -0.812. The lowest BCUT2D eigenvalue weighted by atomic mass is 9.79. The molecule has 0 saturated carbocycles. The first-order valence-electron chi connectivity index (χ1n) is 10.9. The Bertz CT molecular complexity index is 1520. The molecule has 1 aromatic carbocycles. The molecule has 4 aromatic rings. The Morgan fingerprint density at radius 3 is 2.63 bits per heavy atom. The zero-order valence-electron chi connectivity index (χ0n) is 18.6. The first kappa shape index (κ1) is 21.3. The number of benzene rings is 1. The van der Waals surface area contributed by atoms with Crippen LogP contribution in [-0.4, -0.2) is 34.0 Å². The topological polar surface area (TPSA) is 95.5 Å². The Kier molecular flexibility index (Phi) is 4.82. The molecule has 35 heavy (non-hydrogen) atoms. The highest BCUT2D eigenvalue weighted by atomic mass is 19.1. The smallest absolute Gasteiger partial charge is 0.256 e. The molecule has 0 amide bonds. The van der Waals surface area contributed by atoms with Gasteiger partial charge in [-0.05, 0) is 55.0 Å². The van der Waals surface area contributed by atoms with Crippen LogP contribution >= 0.6 is 0 Å². The summed E-state index contributed by atoms with van der Waals surface area (Å²) in [6.07, 6.45) is 3.02. The molecule has 3 aromatic heterocycles. The normalized spacial score (nSPS) is 18.4. The van der Waals surface area contributed by atoms with E-state index in [1.54, 1.807) is 48.7 Å². The summed E-state index contributed by atoms with van der Waals surface area (Å²) in [6, 6.07) is 13.7. The van der Waals surface area contributed by atoms with Crippen LogP contribution in [0.25, 0.3) is 22.4 Å². The van der Waals surface area contributed by atoms with Gasteiger partial charge in [-0.25, -0.2) is 9.97 Å². The quantitative estimate of drug-likeness (QED) is 0.432. The second-order valence-corrected chi connectivity index (χ2v) is 8.47. The molecule has 0 radical (unpaired) electrons. The molecule has 0 aliphatic carbocycles. The van der Waals surface area contributed by atoms with Crippen molar-refractivity contribution >= 4 is 5.84 Å². The zero-order valence-corrected chi connectivity index (χ0v) is 18.6. The van der Waals surface area contributed by atoms with Gasteiger partial charge in [0.15, 0.2) is 5.75 Å². The molecule has 1 spiro atoms. The van der Waals surface area contributed by atoms with Crippen molar-refractivity contribution < 1.29 is 18.3 Å². The molecule has 9 heteroatoms. The first-order chi connectivity index (χ1) is 16.9. The lowest BCUT2D eigenvalue weighted by Crippen LogP contribution is -2.42. The van der Waals surface area contributed by atoms with Crippen LogP contribution in [0.4, 0.5) is 8.78 Å². The van der Waals surface area contributed by atoms with Crippen LogP contribution in [0.1, 0.15) is 16.8 Å². The molecule has 1 atom stereocenters. The number of aliphatic imine (C=N–C) groups is 1. The molecule has 0 saturated heterocycles. The van der Waals surface area contributed by atoms with Crippen molar-refractivity contribution in [2.75, 3.05) is 13.2 Å². The fraction of sp³-hybridized carbons (Fsp3) is 0.154. The van der Waals surface area contributed by atoms with Crippen LogP contribution in [0.2, 0.25) is 0 Å². The number of aryl methyl sites for hydroxylation is 1. The van der Waals surface area contributed by atoms with Crippen molar-refractivity contribution in [2.24, 2.45) is 10.7 Å². The van der Waals surface area contributed by atoms with Gasteiger partial charge in [0.05, 0.1) is 12.3 Å². The van der Waals surface area contributed by atoms with Gasteiger partial charge in [-0.15, -0.1) is 0 Å². The fourth-order valence-electron chi connectivity index (χ4n) is 4.61. The Morgan fingerprint density at radius 1 is 0.943 bits per heavy atom. The summed E-state index contributed by atoms with van der Waals surface area (Å²) in [6.45, 7) is 2.08. The van der Waals surface area contributed by atoms with E-state index in [0.717, 1.165) is 5.69 Å². The first-order valence-corrected chi connectivity index (χ1v) is 10.9. The van der Waals surface area contributed by atoms with Gasteiger partial charge in [-0.3, -0.25) is 9.98 Å². The molecule has 0 bridgehead atoms. The van der Waals surface area contributed by atoms with E-state index >= 15 is 4.39 Å². The standard InChI is InChI=1S/C26H19F2N5O2/c1-14-9-16(6-8-30-14)20-11-19-23(25(28)32-20)35-21-5-4-15(17-3-2-7-31-24(17)27)10-18(21)26(19)13-34-12-22(29)33-26/h2-11H,12-13H2,1H3,(H2,29,33)/t26-/m0/s1. The molecule has 0 fully saturated rings. The number of fused-ring (bicyclic) bond motifs is 4. The predicted molar refractivity (Wildman–Crippen MR) is 125 cm³/mol. The average Bonchev–Trinajstić information content (AvgIpc) is 2.85. The summed E-state index contributed by atoms with van der Waals surface area (Å²) in [4.78, 5) is 16.9. The maximum atomic E-state index is 15.4. The van der Waals surface area contributed by atoms with Crippen molar-refractivity contribution in [1.82, 2.24) is 15.0 Å². The van der Waals surface area contributed by atoms with Crippen LogP contribution in [-0.2, 0) is 10.3 Å². The van der Waals surface area contributed by atoms with E-state index in [4.69, 9.17) is 20.2 Å². The van der Waals surface area contributed by atoms with Crippen LogP contribution in [0, 0.1) is 18.8 Å². The van der Waals surface area contributed by atoms with E-state index in [1.807, 2.05) is 13.0 Å². The molecule has 2 aliphatic rings. The lowest BCUT2D eigenvalue weighted by molar-refractivity contribution is 0.109. The fourth-order valence-corrected chi connectivity index (χ4v) is 4.61. The number of ether oxygens (including phenoxy) is 2. The van der Waals surface area contributed by atoms with Crippen LogP contribution in [0.3, 0.4) is 0 Å². The molecule has 7 nitrogen and oxygen atoms in total. The van der Waals surface area contributed by atoms with Gasteiger partial charge >= 0.3 is 0 Å². The molecule has 174 valence electrons. The number of hydrogen-bond acceptors (Lipinski definition) is 7. The largest absolute Gasteiger partial charge is 0.452 e. The number of pyridine rings is 3. The van der Waals surface area contributed by atoms with Gasteiger partial charge in [0.25, 0.3) is 5.95 Å². The van der Waals surface area contributed by atoms with E-state index in [0.29, 0.717) is 39.3 Å². The summed E-state index contributed by atoms with van der Waals surface area (Å²) >= 11 is 0. The van der Waals surface area contributed by atoms with Crippen molar-refractivity contribution in [1.29, 1.82) is 0 Å². The third-order valence-corrected chi connectivity index (χ3v) is 6.17. The molecule has 2 aliphatic heterocycles. The molecule has 0 unspecified atom stereocenters. The summed E-state index contributed by atoms with van der Waals surface area (Å²) in [7, 11) is 0. The Hall–Kier alpha value is -4.24.